The van der Waals surface area contributed by atoms with Crippen LogP contribution < -0.4 is 5.73 Å². The first kappa shape index (κ1) is 9.45. The number of nitrogens with two attached hydrogens (primary N) is 1. The Morgan fingerprint density at radius 2 is 1.80 bits per heavy atom. The first-order valence-electron chi connectivity index (χ1n) is 0.716. The normalized spacial score (nSPS) is 5.00. The molecule has 0 rings (SSSR count). The van der Waals surface area contributed by atoms with Crippen molar-refractivity contribution >= 4 is 55.0 Å². The molecule has 0 aliphatic heterocycles. The van der Waals surface area contributed by atoms with Crippen LogP contribution in [-0.4, -0.2) is 30.2 Å². The van der Waals surface area contributed by atoms with Crippen molar-refractivity contribution in [3.8, 4) is 0 Å². The van der Waals surface area contributed by atoms with Crippen molar-refractivity contribution in [3.63, 3.8) is 0 Å². The molecule has 2 N–H and O–H groups in total. The van der Waals surface area contributed by atoms with E-state index in [1.165, 1.54) is 0 Å². The summed E-state index contributed by atoms with van der Waals surface area (Å²) in [5.41, 5.74) is 4.71. The average molecular weight is 211 g/mol. The molecule has 0 radical (unpaired) electrons. The zero-order chi connectivity index (χ0) is 3.58. The van der Waals surface area contributed by atoms with Crippen LogP contribution >= 0.6 is 24.8 Å². The van der Waals surface area contributed by atoms with Crippen LogP contribution in [0.3, 0.4) is 0 Å². The van der Waals surface area contributed by atoms with Crippen LogP contribution in [0.25, 0.3) is 0 Å². The van der Waals surface area contributed by atoms with Crippen molar-refractivity contribution in [2.45, 2.75) is 0 Å². The van der Waals surface area contributed by atoms with E-state index < -0.39 is 0 Å². The zero-order valence-corrected chi connectivity index (χ0v) is 3.64. The topological polar surface area (TPSA) is 26.0 Å². The molecule has 4 heteroatoms. The van der Waals surface area contributed by atoms with E-state index in [0.29, 0.717) is 0 Å². The second kappa shape index (κ2) is 5.11. The minimum absolute atomic E-state index is 0. The zero-order valence-electron chi connectivity index (χ0n) is 1.93. The van der Waals surface area contributed by atoms with Crippen LogP contribution in [0, 0.1) is 0 Å². The molecule has 0 aliphatic carbocycles. The van der Waals surface area contributed by atoms with Crippen LogP contribution in [0.5, 0.6) is 0 Å². The number of hydrogen-bond acceptors (Lipinski definition) is 1. The number of rotatable bonds is 0. The Kier molecular flexibility index (Phi) is 9.65. The second-order valence-corrected chi connectivity index (χ2v) is 1.56. The fraction of sp³-hybridized carbons (Fsp3) is 0. The Hall–Kier alpha value is 1.11. The quantitative estimate of drug-likeness (QED) is 0.396. The van der Waals surface area contributed by atoms with E-state index in [2.05, 4.69) is 24.8 Å². The van der Waals surface area contributed by atoms with E-state index in [1.54, 1.807) is 0 Å². The van der Waals surface area contributed by atoms with Gasteiger partial charge in [-0.2, -0.15) is 0 Å². The van der Waals surface area contributed by atoms with Gasteiger partial charge in [-0.15, -0.1) is 12.6 Å². The Bertz CT molecular complexity index is 32.6. The van der Waals surface area contributed by atoms with Crippen molar-refractivity contribution in [2.24, 2.45) is 5.73 Å². The van der Waals surface area contributed by atoms with Crippen molar-refractivity contribution in [1.29, 1.82) is 0 Å². The van der Waals surface area contributed by atoms with Gasteiger partial charge in [0.15, 0.2) is 0 Å². The molecule has 0 atom stereocenters. The summed E-state index contributed by atoms with van der Waals surface area (Å²) in [6.07, 6.45) is 0. The SMILES string of the molecule is NC(=S)S.[InH3]. The average Bonchev–Trinajstić information content (AvgIpc) is 0.811. The monoisotopic (exact) mass is 211 g/mol. The van der Waals surface area contributed by atoms with Crippen molar-refractivity contribution < 1.29 is 0 Å². The van der Waals surface area contributed by atoms with Gasteiger partial charge < -0.3 is 5.73 Å². The molecule has 1 nitrogen and oxygen atoms in total. The van der Waals surface area contributed by atoms with E-state index in [1.807, 2.05) is 0 Å². The molecule has 0 aromatic heterocycles. The number of thiocarbonyl (C=S) groups is 1. The van der Waals surface area contributed by atoms with Gasteiger partial charge in [0.25, 0.3) is 0 Å². The molecule has 0 heterocycles. The fourth-order valence-corrected chi connectivity index (χ4v) is 0. The Morgan fingerprint density at radius 3 is 1.80 bits per heavy atom. The van der Waals surface area contributed by atoms with Crippen LogP contribution in [-0.2, 0) is 0 Å². The summed E-state index contributed by atoms with van der Waals surface area (Å²) in [5, 5.41) is 0. The van der Waals surface area contributed by atoms with Crippen LogP contribution in [0.4, 0.5) is 0 Å². The molecule has 0 saturated carbocycles. The Balaban J connectivity index is 0. The molecule has 0 spiro atoms. The van der Waals surface area contributed by atoms with Gasteiger partial charge in [0.05, 0.1) is 0 Å². The third-order valence-corrected chi connectivity index (χ3v) is 0. The maximum absolute atomic E-state index is 4.71. The summed E-state index contributed by atoms with van der Waals surface area (Å²) in [6.45, 7) is 0. The van der Waals surface area contributed by atoms with Gasteiger partial charge in [0.2, 0.25) is 0 Å². The predicted molar refractivity (Wildman–Crippen MR) is 35.7 cm³/mol. The van der Waals surface area contributed by atoms with Gasteiger partial charge in [0, 0.05) is 0 Å². The second-order valence-electron chi connectivity index (χ2n) is 0.338. The van der Waals surface area contributed by atoms with E-state index in [0.717, 1.165) is 0 Å². The molecule has 0 aliphatic rings. The predicted octanol–water partition coefficient (Wildman–Crippen LogP) is -1.02. The molecule has 5 heavy (non-hydrogen) atoms. The summed E-state index contributed by atoms with van der Waals surface area (Å²) in [7, 11) is 0. The molecule has 0 aromatic rings. The molecule has 30 valence electrons. The van der Waals surface area contributed by atoms with Gasteiger partial charge in [-0.3, -0.25) is 0 Å². The third kappa shape index (κ3) is 40.1. The Morgan fingerprint density at radius 1 is 1.80 bits per heavy atom. The summed E-state index contributed by atoms with van der Waals surface area (Å²) in [5.74, 6) is 0. The first-order valence-corrected chi connectivity index (χ1v) is 1.57. The minimum atomic E-state index is 0. The van der Waals surface area contributed by atoms with E-state index in [9.17, 15) is 0 Å². The van der Waals surface area contributed by atoms with Gasteiger partial charge in [-0.1, -0.05) is 12.2 Å². The van der Waals surface area contributed by atoms with Gasteiger partial charge in [-0.05, 0) is 0 Å². The molecule has 0 unspecified atom stereocenters. The van der Waals surface area contributed by atoms with E-state index >= 15 is 0 Å². The molecule has 0 saturated heterocycles. The number of hydrogen-bond donors (Lipinski definition) is 2. The third-order valence-electron chi connectivity index (χ3n) is 0. The fourth-order valence-electron chi connectivity index (χ4n) is 0. The standard InChI is InChI=1S/CH3NS2.In.3H/c2-1(3)4;;;;/h(H3,2,3,4);;;;. The maximum atomic E-state index is 4.71. The first-order chi connectivity index (χ1) is 1.73. The van der Waals surface area contributed by atoms with Gasteiger partial charge in [-0.25, -0.2) is 0 Å². The van der Waals surface area contributed by atoms with E-state index in [-0.39, 0.29) is 30.2 Å². The molecule has 0 bridgehead atoms. The molecule has 0 aromatic carbocycles. The summed E-state index contributed by atoms with van der Waals surface area (Å²) < 4.78 is 0.194. The summed E-state index contributed by atoms with van der Waals surface area (Å²) >= 11 is 7.65. The van der Waals surface area contributed by atoms with Crippen LogP contribution in [0.2, 0.25) is 0 Å². The van der Waals surface area contributed by atoms with Crippen LogP contribution in [0.1, 0.15) is 0 Å². The Labute approximate surface area is 60.5 Å². The molecule has 0 fully saturated rings. The van der Waals surface area contributed by atoms with Crippen molar-refractivity contribution in [1.82, 2.24) is 0 Å². The summed E-state index contributed by atoms with van der Waals surface area (Å²) in [6, 6.07) is 0. The molecular formula is CH6InNS2. The van der Waals surface area contributed by atoms with Gasteiger partial charge >= 0.3 is 25.8 Å². The van der Waals surface area contributed by atoms with Crippen LogP contribution in [0.15, 0.2) is 0 Å². The molecular weight excluding hydrogens is 205 g/mol. The number of thiol groups is 1. The molecule has 0 amide bonds. The van der Waals surface area contributed by atoms with Crippen molar-refractivity contribution in [2.75, 3.05) is 0 Å². The summed E-state index contributed by atoms with van der Waals surface area (Å²) in [4.78, 5) is 0. The van der Waals surface area contributed by atoms with E-state index in [4.69, 9.17) is 5.73 Å². The van der Waals surface area contributed by atoms with Gasteiger partial charge in [0.1, 0.15) is 4.32 Å². The van der Waals surface area contributed by atoms with Crippen molar-refractivity contribution in [3.05, 3.63) is 0 Å².